The molecule has 2 heterocycles. The number of ether oxygens (including phenoxy) is 1. The van der Waals surface area contributed by atoms with Crippen molar-refractivity contribution in [1.29, 1.82) is 0 Å². The molecule has 0 bridgehead atoms. The molecule has 134 valence electrons. The average Bonchev–Trinajstić information content (AvgIpc) is 3.33. The molecular weight excluding hydrogens is 322 g/mol. The van der Waals surface area contributed by atoms with Crippen molar-refractivity contribution in [3.63, 3.8) is 0 Å². The largest absolute Gasteiger partial charge is 0.497 e. The number of allylic oxidation sites excluding steroid dienone is 1. The monoisotopic (exact) mass is 347 g/mol. The van der Waals surface area contributed by atoms with Gasteiger partial charge in [0.2, 0.25) is 0 Å². The molecule has 0 N–H and O–H groups in total. The maximum atomic E-state index is 5.44. The highest BCUT2D eigenvalue weighted by Crippen LogP contribution is 2.43. The first kappa shape index (κ1) is 17.0. The van der Waals surface area contributed by atoms with E-state index in [9.17, 15) is 0 Å². The summed E-state index contributed by atoms with van der Waals surface area (Å²) in [6.45, 7) is 5.49. The van der Waals surface area contributed by atoms with Crippen molar-refractivity contribution in [2.45, 2.75) is 25.7 Å². The van der Waals surface area contributed by atoms with E-state index in [1.807, 2.05) is 6.20 Å². The third-order valence-electron chi connectivity index (χ3n) is 5.47. The Balaban J connectivity index is 1.66. The fourth-order valence-corrected chi connectivity index (χ4v) is 4.06. The Morgan fingerprint density at radius 3 is 2.77 bits per heavy atom. The van der Waals surface area contributed by atoms with Crippen LogP contribution in [0.25, 0.3) is 5.57 Å². The summed E-state index contributed by atoms with van der Waals surface area (Å²) in [7, 11) is 1.73. The van der Waals surface area contributed by atoms with Gasteiger partial charge < -0.3 is 4.74 Å². The van der Waals surface area contributed by atoms with Crippen molar-refractivity contribution >= 4 is 5.57 Å². The summed E-state index contributed by atoms with van der Waals surface area (Å²) >= 11 is 0. The highest BCUT2D eigenvalue weighted by Gasteiger charge is 2.27. The minimum absolute atomic E-state index is 0.241. The Morgan fingerprint density at radius 1 is 1.19 bits per heavy atom. The maximum Gasteiger partial charge on any atom is 0.119 e. The van der Waals surface area contributed by atoms with Crippen LogP contribution in [0.3, 0.4) is 0 Å². The molecule has 0 radical (unpaired) electrons. The summed E-state index contributed by atoms with van der Waals surface area (Å²) in [6, 6.07) is 6.46. The molecule has 0 amide bonds. The number of hydrogen-bond donors (Lipinski definition) is 0. The van der Waals surface area contributed by atoms with Crippen LogP contribution in [0.5, 0.6) is 5.75 Å². The predicted octanol–water partition coefficient (Wildman–Crippen LogP) is 3.86. The average molecular weight is 347 g/mol. The highest BCUT2D eigenvalue weighted by atomic mass is 16.5. The number of methoxy groups -OCH3 is 1. The van der Waals surface area contributed by atoms with E-state index in [4.69, 9.17) is 4.74 Å². The second-order valence-corrected chi connectivity index (χ2v) is 7.05. The molecule has 4 nitrogen and oxygen atoms in total. The van der Waals surface area contributed by atoms with Gasteiger partial charge in [0, 0.05) is 44.1 Å². The highest BCUT2D eigenvalue weighted by molar-refractivity contribution is 5.80. The number of aromatic nitrogens is 2. The van der Waals surface area contributed by atoms with Gasteiger partial charge >= 0.3 is 0 Å². The van der Waals surface area contributed by atoms with E-state index < -0.39 is 0 Å². The van der Waals surface area contributed by atoms with Gasteiger partial charge in [0.25, 0.3) is 0 Å². The third kappa shape index (κ3) is 3.29. The summed E-state index contributed by atoms with van der Waals surface area (Å²) in [5, 5.41) is 0. The van der Waals surface area contributed by atoms with Gasteiger partial charge in [-0.25, -0.2) is 0 Å². The first-order valence-corrected chi connectivity index (χ1v) is 9.28. The molecule has 4 rings (SSSR count). The van der Waals surface area contributed by atoms with Gasteiger partial charge in [0.05, 0.1) is 12.8 Å². The van der Waals surface area contributed by atoms with Crippen LogP contribution in [0.1, 0.15) is 36.1 Å². The van der Waals surface area contributed by atoms with Crippen LogP contribution in [0.15, 0.2) is 54.5 Å². The summed E-state index contributed by atoms with van der Waals surface area (Å²) < 4.78 is 5.44. The quantitative estimate of drug-likeness (QED) is 0.744. The van der Waals surface area contributed by atoms with Crippen LogP contribution in [0.4, 0.5) is 0 Å². The summed E-state index contributed by atoms with van der Waals surface area (Å²) in [5.41, 5.74) is 6.70. The van der Waals surface area contributed by atoms with Gasteiger partial charge in [0.1, 0.15) is 5.75 Å². The van der Waals surface area contributed by atoms with Crippen molar-refractivity contribution in [2.24, 2.45) is 0 Å². The zero-order valence-corrected chi connectivity index (χ0v) is 15.5. The Labute approximate surface area is 155 Å². The van der Waals surface area contributed by atoms with E-state index in [1.165, 1.54) is 22.3 Å². The lowest BCUT2D eigenvalue weighted by molar-refractivity contribution is 0.356. The SMILES string of the molecule is COc1ccc2c(c1)CC(CCN1CC=CC1)=C2C(C)c1cnccn1. The Kier molecular flexibility index (Phi) is 4.85. The third-order valence-corrected chi connectivity index (χ3v) is 5.47. The van der Waals surface area contributed by atoms with Gasteiger partial charge in [-0.3, -0.25) is 14.9 Å². The Hall–Kier alpha value is -2.46. The van der Waals surface area contributed by atoms with Crippen molar-refractivity contribution in [2.75, 3.05) is 26.7 Å². The second kappa shape index (κ2) is 7.42. The number of hydrogen-bond acceptors (Lipinski definition) is 4. The van der Waals surface area contributed by atoms with Crippen LogP contribution in [0, 0.1) is 0 Å². The normalized spacial score (nSPS) is 17.6. The molecule has 2 aromatic rings. The fraction of sp³-hybridized carbons (Fsp3) is 0.364. The molecule has 2 aliphatic rings. The van der Waals surface area contributed by atoms with E-state index in [1.54, 1.807) is 19.5 Å². The Bertz CT molecular complexity index is 834. The lowest BCUT2D eigenvalue weighted by Crippen LogP contribution is -2.21. The summed E-state index contributed by atoms with van der Waals surface area (Å²) in [4.78, 5) is 11.3. The summed E-state index contributed by atoms with van der Waals surface area (Å²) in [5.74, 6) is 1.17. The summed E-state index contributed by atoms with van der Waals surface area (Å²) in [6.07, 6.45) is 12.0. The van der Waals surface area contributed by atoms with Gasteiger partial charge in [-0.05, 0) is 41.7 Å². The zero-order chi connectivity index (χ0) is 17.9. The van der Waals surface area contributed by atoms with E-state index in [-0.39, 0.29) is 5.92 Å². The van der Waals surface area contributed by atoms with E-state index in [0.717, 1.165) is 43.9 Å². The first-order valence-electron chi connectivity index (χ1n) is 9.28. The zero-order valence-electron chi connectivity index (χ0n) is 15.5. The van der Waals surface area contributed by atoms with Crippen molar-refractivity contribution in [3.05, 3.63) is 71.3 Å². The fourth-order valence-electron chi connectivity index (χ4n) is 4.06. The van der Waals surface area contributed by atoms with Crippen molar-refractivity contribution in [3.8, 4) is 5.75 Å². The standard InChI is InChI=1S/C22H25N3O/c1-16(21-15-23-8-9-24-21)22-17(7-12-25-10-3-4-11-25)13-18-14-19(26-2)5-6-20(18)22/h3-6,8-9,14-16H,7,10-13H2,1-2H3. The van der Waals surface area contributed by atoms with Crippen LogP contribution in [-0.2, 0) is 6.42 Å². The molecule has 0 saturated heterocycles. The molecule has 0 saturated carbocycles. The molecule has 4 heteroatoms. The minimum Gasteiger partial charge on any atom is -0.497 e. The lowest BCUT2D eigenvalue weighted by atomic mass is 9.90. The molecule has 1 aliphatic heterocycles. The van der Waals surface area contributed by atoms with Gasteiger partial charge in [-0.1, -0.05) is 30.7 Å². The number of fused-ring (bicyclic) bond motifs is 1. The maximum absolute atomic E-state index is 5.44. The number of rotatable bonds is 6. The number of benzene rings is 1. The molecule has 0 fully saturated rings. The first-order chi connectivity index (χ1) is 12.8. The lowest BCUT2D eigenvalue weighted by Gasteiger charge is -2.19. The van der Waals surface area contributed by atoms with Crippen molar-refractivity contribution in [1.82, 2.24) is 14.9 Å². The van der Waals surface area contributed by atoms with E-state index >= 15 is 0 Å². The smallest absolute Gasteiger partial charge is 0.119 e. The molecule has 1 aromatic carbocycles. The number of nitrogens with zero attached hydrogens (tertiary/aromatic N) is 3. The van der Waals surface area contributed by atoms with E-state index in [0.29, 0.717) is 0 Å². The molecule has 1 unspecified atom stereocenters. The topological polar surface area (TPSA) is 38.2 Å². The molecule has 1 aromatic heterocycles. The minimum atomic E-state index is 0.241. The van der Waals surface area contributed by atoms with Gasteiger partial charge in [-0.15, -0.1) is 0 Å². The van der Waals surface area contributed by atoms with Gasteiger partial charge in [0.15, 0.2) is 0 Å². The van der Waals surface area contributed by atoms with Crippen LogP contribution >= 0.6 is 0 Å². The van der Waals surface area contributed by atoms with Crippen LogP contribution < -0.4 is 4.74 Å². The molecule has 26 heavy (non-hydrogen) atoms. The molecular formula is C22H25N3O. The van der Waals surface area contributed by atoms with Crippen LogP contribution in [-0.4, -0.2) is 41.6 Å². The molecule has 1 aliphatic carbocycles. The molecule has 1 atom stereocenters. The van der Waals surface area contributed by atoms with Crippen molar-refractivity contribution < 1.29 is 4.74 Å². The second-order valence-electron chi connectivity index (χ2n) is 7.05. The Morgan fingerprint density at radius 2 is 2.04 bits per heavy atom. The molecule has 0 spiro atoms. The van der Waals surface area contributed by atoms with Gasteiger partial charge in [-0.2, -0.15) is 0 Å². The van der Waals surface area contributed by atoms with E-state index in [2.05, 4.69) is 52.1 Å². The van der Waals surface area contributed by atoms with Crippen LogP contribution in [0.2, 0.25) is 0 Å². The predicted molar refractivity (Wildman–Crippen MR) is 104 cm³/mol.